The van der Waals surface area contributed by atoms with Gasteiger partial charge in [0.05, 0.1) is 0 Å². The zero-order valence-corrected chi connectivity index (χ0v) is 10.3. The first-order valence-corrected chi connectivity index (χ1v) is 4.53. The third kappa shape index (κ3) is 6.94. The molecule has 0 aliphatic heterocycles. The molecule has 0 atom stereocenters. The van der Waals surface area contributed by atoms with Crippen LogP contribution in [0, 0.1) is 13.8 Å². The van der Waals surface area contributed by atoms with Crippen LogP contribution in [-0.4, -0.2) is 23.1 Å². The van der Waals surface area contributed by atoms with Crippen molar-refractivity contribution in [2.75, 3.05) is 0 Å². The average molecular weight is 207 g/mol. The maximum atomic E-state index is 3.72. The molecule has 0 aliphatic carbocycles. The summed E-state index contributed by atoms with van der Waals surface area (Å²) in [5, 5.41) is 0. The van der Waals surface area contributed by atoms with Gasteiger partial charge in [-0.2, -0.15) is 49.2 Å². The van der Waals surface area contributed by atoms with Crippen molar-refractivity contribution in [3.8, 4) is 0 Å². The van der Waals surface area contributed by atoms with Crippen LogP contribution < -0.4 is 0 Å². The molecular formula is C14H14Mg. The molecule has 0 saturated heterocycles. The summed E-state index contributed by atoms with van der Waals surface area (Å²) in [4.78, 5) is 0. The summed E-state index contributed by atoms with van der Waals surface area (Å²) < 4.78 is 0. The Morgan fingerprint density at radius 1 is 0.533 bits per heavy atom. The summed E-state index contributed by atoms with van der Waals surface area (Å²) in [6.45, 7) is 7.44. The minimum atomic E-state index is 0. The van der Waals surface area contributed by atoms with Crippen molar-refractivity contribution in [2.24, 2.45) is 0 Å². The van der Waals surface area contributed by atoms with E-state index in [4.69, 9.17) is 0 Å². The van der Waals surface area contributed by atoms with E-state index < -0.39 is 0 Å². The van der Waals surface area contributed by atoms with Gasteiger partial charge in [0, 0.05) is 0 Å². The van der Waals surface area contributed by atoms with Gasteiger partial charge >= 0.3 is 23.1 Å². The maximum Gasteiger partial charge on any atom is 2.00 e. The molecule has 0 saturated carbocycles. The predicted octanol–water partition coefficient (Wildman–Crippen LogP) is 3.36. The van der Waals surface area contributed by atoms with Crippen LogP contribution in [-0.2, 0) is 0 Å². The summed E-state index contributed by atoms with van der Waals surface area (Å²) >= 11 is 0. The van der Waals surface area contributed by atoms with E-state index in [1.54, 1.807) is 0 Å². The molecule has 0 bridgehead atoms. The minimum Gasteiger partial charge on any atom is -0.199 e. The standard InChI is InChI=1S/2C7H7.Mg/c2*1-7-5-3-2-4-6-7;/h2*2-6H,1H2;/q2*-1;+2. The SMILES string of the molecule is [CH2-]c1ccccc1.[CH2-]c1ccccc1.[Mg+2]. The molecular weight excluding hydrogens is 192 g/mol. The van der Waals surface area contributed by atoms with Crippen molar-refractivity contribution in [1.29, 1.82) is 0 Å². The van der Waals surface area contributed by atoms with Gasteiger partial charge < -0.3 is 0 Å². The quantitative estimate of drug-likeness (QED) is 0.458. The normalized spacial score (nSPS) is 8.00. The molecule has 1 heteroatoms. The molecule has 0 aromatic heterocycles. The minimum absolute atomic E-state index is 0. The van der Waals surface area contributed by atoms with E-state index >= 15 is 0 Å². The van der Waals surface area contributed by atoms with E-state index in [1.807, 2.05) is 60.7 Å². The van der Waals surface area contributed by atoms with E-state index in [9.17, 15) is 0 Å². The van der Waals surface area contributed by atoms with Crippen LogP contribution in [0.15, 0.2) is 60.7 Å². The maximum absolute atomic E-state index is 3.72. The van der Waals surface area contributed by atoms with Gasteiger partial charge in [-0.25, -0.2) is 0 Å². The van der Waals surface area contributed by atoms with Crippen molar-refractivity contribution < 1.29 is 0 Å². The molecule has 0 unspecified atom stereocenters. The van der Waals surface area contributed by atoms with Crippen molar-refractivity contribution >= 4 is 23.1 Å². The van der Waals surface area contributed by atoms with Crippen molar-refractivity contribution in [1.82, 2.24) is 0 Å². The second-order valence-electron chi connectivity index (χ2n) is 2.97. The Morgan fingerprint density at radius 3 is 0.933 bits per heavy atom. The van der Waals surface area contributed by atoms with Crippen LogP contribution in [0.1, 0.15) is 11.1 Å². The molecule has 0 spiro atoms. The largest absolute Gasteiger partial charge is 2.00 e. The second-order valence-corrected chi connectivity index (χ2v) is 2.97. The summed E-state index contributed by atoms with van der Waals surface area (Å²) in [6, 6.07) is 19.7. The van der Waals surface area contributed by atoms with E-state index in [0.717, 1.165) is 11.1 Å². The molecule has 0 nitrogen and oxygen atoms in total. The third-order valence-corrected chi connectivity index (χ3v) is 1.69. The fraction of sp³-hybridized carbons (Fsp3) is 0. The molecule has 0 amide bonds. The fourth-order valence-electron chi connectivity index (χ4n) is 0.956. The number of rotatable bonds is 0. The third-order valence-electron chi connectivity index (χ3n) is 1.69. The summed E-state index contributed by atoms with van der Waals surface area (Å²) in [7, 11) is 0. The van der Waals surface area contributed by atoms with Crippen LogP contribution in [0.5, 0.6) is 0 Å². The Morgan fingerprint density at radius 2 is 0.800 bits per heavy atom. The Bertz CT molecular complexity index is 303. The number of hydrogen-bond acceptors (Lipinski definition) is 0. The molecule has 0 aliphatic rings. The molecule has 2 aromatic carbocycles. The number of benzene rings is 2. The van der Waals surface area contributed by atoms with Gasteiger partial charge in [0.1, 0.15) is 0 Å². The topological polar surface area (TPSA) is 0 Å². The Kier molecular flexibility index (Phi) is 7.69. The monoisotopic (exact) mass is 206 g/mol. The van der Waals surface area contributed by atoms with Crippen LogP contribution in [0.4, 0.5) is 0 Å². The summed E-state index contributed by atoms with van der Waals surface area (Å²) in [5.41, 5.74) is 2.14. The van der Waals surface area contributed by atoms with E-state index in [2.05, 4.69) is 13.8 Å². The smallest absolute Gasteiger partial charge is 0.199 e. The zero-order valence-electron chi connectivity index (χ0n) is 8.89. The molecule has 15 heavy (non-hydrogen) atoms. The van der Waals surface area contributed by atoms with Gasteiger partial charge in [0.25, 0.3) is 0 Å². The van der Waals surface area contributed by atoms with Gasteiger partial charge in [0.15, 0.2) is 0 Å². The van der Waals surface area contributed by atoms with Crippen LogP contribution in [0.25, 0.3) is 0 Å². The molecule has 2 aromatic rings. The zero-order chi connectivity index (χ0) is 10.2. The van der Waals surface area contributed by atoms with Crippen LogP contribution in [0.3, 0.4) is 0 Å². The average Bonchev–Trinajstić information content (AvgIpc) is 2.21. The molecule has 72 valence electrons. The van der Waals surface area contributed by atoms with Crippen molar-refractivity contribution in [3.63, 3.8) is 0 Å². The molecule has 0 N–H and O–H groups in total. The Labute approximate surface area is 108 Å². The van der Waals surface area contributed by atoms with Gasteiger partial charge in [-0.15, -0.1) is 24.3 Å². The van der Waals surface area contributed by atoms with Gasteiger partial charge in [0.2, 0.25) is 0 Å². The van der Waals surface area contributed by atoms with Gasteiger partial charge in [-0.3, -0.25) is 0 Å². The van der Waals surface area contributed by atoms with Gasteiger partial charge in [-0.1, -0.05) is 12.1 Å². The molecule has 0 fully saturated rings. The first-order chi connectivity index (χ1) is 6.79. The first kappa shape index (κ1) is 13.9. The fourth-order valence-corrected chi connectivity index (χ4v) is 0.956. The van der Waals surface area contributed by atoms with Crippen LogP contribution >= 0.6 is 0 Å². The number of hydrogen-bond donors (Lipinski definition) is 0. The predicted molar refractivity (Wildman–Crippen MR) is 67.6 cm³/mol. The van der Waals surface area contributed by atoms with Crippen LogP contribution in [0.2, 0.25) is 0 Å². The Balaban J connectivity index is 0.000000245. The van der Waals surface area contributed by atoms with Crippen molar-refractivity contribution in [3.05, 3.63) is 85.6 Å². The summed E-state index contributed by atoms with van der Waals surface area (Å²) in [6.07, 6.45) is 0. The first-order valence-electron chi connectivity index (χ1n) is 4.53. The van der Waals surface area contributed by atoms with Crippen molar-refractivity contribution in [2.45, 2.75) is 0 Å². The molecule has 0 heterocycles. The van der Waals surface area contributed by atoms with E-state index in [-0.39, 0.29) is 23.1 Å². The van der Waals surface area contributed by atoms with Gasteiger partial charge in [-0.05, 0) is 0 Å². The van der Waals surface area contributed by atoms with E-state index in [0.29, 0.717) is 0 Å². The molecule has 0 radical (unpaired) electrons. The Hall–Kier alpha value is -1.05. The summed E-state index contributed by atoms with van der Waals surface area (Å²) in [5.74, 6) is 0. The van der Waals surface area contributed by atoms with E-state index in [1.165, 1.54) is 0 Å². The molecule has 2 rings (SSSR count). The second kappa shape index (κ2) is 8.27.